The first-order chi connectivity index (χ1) is 8.26. The SMILES string of the molecule is C=CCNC(=O)COc1ccc(CCO)cc1. The number of ether oxygens (including phenoxy) is 1. The lowest BCUT2D eigenvalue weighted by molar-refractivity contribution is -0.122. The van der Waals surface area contributed by atoms with Crippen molar-refractivity contribution >= 4 is 5.91 Å². The van der Waals surface area contributed by atoms with Gasteiger partial charge in [-0.3, -0.25) is 4.79 Å². The first-order valence-corrected chi connectivity index (χ1v) is 5.46. The van der Waals surface area contributed by atoms with E-state index in [-0.39, 0.29) is 19.1 Å². The number of carbonyl (C=O) groups excluding carboxylic acids is 1. The third-order valence-electron chi connectivity index (χ3n) is 2.14. The average Bonchev–Trinajstić information content (AvgIpc) is 2.36. The van der Waals surface area contributed by atoms with Gasteiger partial charge >= 0.3 is 0 Å². The molecule has 1 aromatic carbocycles. The summed E-state index contributed by atoms with van der Waals surface area (Å²) in [5, 5.41) is 11.4. The highest BCUT2D eigenvalue weighted by Gasteiger charge is 2.01. The van der Waals surface area contributed by atoms with Crippen LogP contribution in [0, 0.1) is 0 Å². The lowest BCUT2D eigenvalue weighted by atomic mass is 10.1. The molecule has 0 aliphatic rings. The van der Waals surface area contributed by atoms with Crippen LogP contribution in [0.15, 0.2) is 36.9 Å². The fraction of sp³-hybridized carbons (Fsp3) is 0.308. The molecular weight excluding hydrogens is 218 g/mol. The standard InChI is InChI=1S/C13H17NO3/c1-2-8-14-13(16)10-17-12-5-3-11(4-6-12)7-9-15/h2-6,15H,1,7-10H2,(H,14,16). The first-order valence-electron chi connectivity index (χ1n) is 5.46. The number of benzene rings is 1. The van der Waals surface area contributed by atoms with Gasteiger partial charge in [0.25, 0.3) is 5.91 Å². The minimum Gasteiger partial charge on any atom is -0.484 e. The van der Waals surface area contributed by atoms with Crippen LogP contribution in [-0.4, -0.2) is 30.8 Å². The van der Waals surface area contributed by atoms with Crippen LogP contribution < -0.4 is 10.1 Å². The van der Waals surface area contributed by atoms with Crippen LogP contribution in [-0.2, 0) is 11.2 Å². The predicted octanol–water partition coefficient (Wildman–Crippen LogP) is 0.902. The maximum absolute atomic E-state index is 11.2. The third-order valence-corrected chi connectivity index (χ3v) is 2.14. The van der Waals surface area contributed by atoms with Crippen LogP contribution in [0.25, 0.3) is 0 Å². The van der Waals surface area contributed by atoms with Gasteiger partial charge < -0.3 is 15.2 Å². The summed E-state index contributed by atoms with van der Waals surface area (Å²) in [5.74, 6) is 0.463. The molecule has 0 aliphatic heterocycles. The molecule has 0 unspecified atom stereocenters. The summed E-state index contributed by atoms with van der Waals surface area (Å²) < 4.78 is 5.29. The molecule has 1 amide bonds. The van der Waals surface area contributed by atoms with Gasteiger partial charge in [0.2, 0.25) is 0 Å². The Balaban J connectivity index is 2.36. The van der Waals surface area contributed by atoms with Gasteiger partial charge in [0.15, 0.2) is 6.61 Å². The van der Waals surface area contributed by atoms with Crippen LogP contribution >= 0.6 is 0 Å². The van der Waals surface area contributed by atoms with Crippen molar-refractivity contribution in [1.82, 2.24) is 5.32 Å². The molecule has 1 aromatic rings. The second-order valence-corrected chi connectivity index (χ2v) is 3.50. The summed E-state index contributed by atoms with van der Waals surface area (Å²) in [6, 6.07) is 7.30. The van der Waals surface area contributed by atoms with E-state index in [1.54, 1.807) is 18.2 Å². The molecule has 1 rings (SSSR count). The molecule has 0 saturated carbocycles. The number of carbonyl (C=O) groups is 1. The lowest BCUT2D eigenvalue weighted by Gasteiger charge is -2.06. The van der Waals surface area contributed by atoms with E-state index >= 15 is 0 Å². The molecule has 0 aliphatic carbocycles. The van der Waals surface area contributed by atoms with E-state index in [9.17, 15) is 4.79 Å². The van der Waals surface area contributed by atoms with Crippen LogP contribution in [0.4, 0.5) is 0 Å². The van der Waals surface area contributed by atoms with Gasteiger partial charge in [-0.15, -0.1) is 6.58 Å². The maximum Gasteiger partial charge on any atom is 0.258 e. The number of amides is 1. The molecule has 2 N–H and O–H groups in total. The van der Waals surface area contributed by atoms with Crippen LogP contribution in [0.5, 0.6) is 5.75 Å². The zero-order chi connectivity index (χ0) is 12.5. The Labute approximate surface area is 101 Å². The largest absolute Gasteiger partial charge is 0.484 e. The van der Waals surface area contributed by atoms with Crippen molar-refractivity contribution in [1.29, 1.82) is 0 Å². The summed E-state index contributed by atoms with van der Waals surface area (Å²) in [7, 11) is 0. The van der Waals surface area contributed by atoms with Crippen molar-refractivity contribution in [3.8, 4) is 5.75 Å². The molecule has 0 aromatic heterocycles. The first kappa shape index (κ1) is 13.3. The number of nitrogens with one attached hydrogen (secondary N) is 1. The predicted molar refractivity (Wildman–Crippen MR) is 65.9 cm³/mol. The molecule has 0 fully saturated rings. The molecule has 0 spiro atoms. The van der Waals surface area contributed by atoms with Crippen LogP contribution in [0.2, 0.25) is 0 Å². The Kier molecular flexibility index (Phi) is 5.82. The summed E-state index contributed by atoms with van der Waals surface area (Å²) in [5.41, 5.74) is 1.04. The number of aliphatic hydroxyl groups is 1. The number of aliphatic hydroxyl groups excluding tert-OH is 1. The molecule has 0 saturated heterocycles. The van der Waals surface area contributed by atoms with Crippen molar-refractivity contribution in [3.63, 3.8) is 0 Å². The van der Waals surface area contributed by atoms with Crippen molar-refractivity contribution in [2.75, 3.05) is 19.8 Å². The number of rotatable bonds is 7. The smallest absolute Gasteiger partial charge is 0.258 e. The minimum absolute atomic E-state index is 0.00676. The zero-order valence-electron chi connectivity index (χ0n) is 9.69. The molecule has 0 radical (unpaired) electrons. The van der Waals surface area contributed by atoms with Crippen molar-refractivity contribution < 1.29 is 14.6 Å². The van der Waals surface area contributed by atoms with E-state index in [0.717, 1.165) is 5.56 Å². The third kappa shape index (κ3) is 5.17. The fourth-order valence-electron chi connectivity index (χ4n) is 1.27. The van der Waals surface area contributed by atoms with Gasteiger partial charge in [0.1, 0.15) is 5.75 Å². The van der Waals surface area contributed by atoms with Gasteiger partial charge in [-0.2, -0.15) is 0 Å². The van der Waals surface area contributed by atoms with E-state index in [1.807, 2.05) is 12.1 Å². The molecule has 0 bridgehead atoms. The molecule has 0 heterocycles. The molecule has 4 nitrogen and oxygen atoms in total. The van der Waals surface area contributed by atoms with Gasteiger partial charge in [-0.05, 0) is 24.1 Å². The molecular formula is C13H17NO3. The van der Waals surface area contributed by atoms with Crippen molar-refractivity contribution in [2.24, 2.45) is 0 Å². The number of hydrogen-bond acceptors (Lipinski definition) is 3. The van der Waals surface area contributed by atoms with Crippen molar-refractivity contribution in [3.05, 3.63) is 42.5 Å². The second-order valence-electron chi connectivity index (χ2n) is 3.50. The van der Waals surface area contributed by atoms with E-state index in [2.05, 4.69) is 11.9 Å². The highest BCUT2D eigenvalue weighted by atomic mass is 16.5. The quantitative estimate of drug-likeness (QED) is 0.690. The Morgan fingerprint density at radius 1 is 1.41 bits per heavy atom. The lowest BCUT2D eigenvalue weighted by Crippen LogP contribution is -2.28. The molecule has 0 atom stereocenters. The molecule has 4 heteroatoms. The Morgan fingerprint density at radius 2 is 2.12 bits per heavy atom. The van der Waals surface area contributed by atoms with Gasteiger partial charge in [0, 0.05) is 13.2 Å². The monoisotopic (exact) mass is 235 g/mol. The summed E-state index contributed by atoms with van der Waals surface area (Å²) in [6.07, 6.45) is 2.24. The fourth-order valence-corrected chi connectivity index (χ4v) is 1.27. The normalized spacial score (nSPS) is 9.71. The minimum atomic E-state index is -0.177. The van der Waals surface area contributed by atoms with Gasteiger partial charge in [-0.25, -0.2) is 0 Å². The average molecular weight is 235 g/mol. The highest BCUT2D eigenvalue weighted by molar-refractivity contribution is 5.77. The van der Waals surface area contributed by atoms with E-state index in [4.69, 9.17) is 9.84 Å². The Morgan fingerprint density at radius 3 is 2.71 bits per heavy atom. The summed E-state index contributed by atoms with van der Waals surface area (Å²) in [6.45, 7) is 4.07. The highest BCUT2D eigenvalue weighted by Crippen LogP contribution is 2.12. The number of hydrogen-bond donors (Lipinski definition) is 2. The maximum atomic E-state index is 11.2. The van der Waals surface area contributed by atoms with Gasteiger partial charge in [-0.1, -0.05) is 18.2 Å². The summed E-state index contributed by atoms with van der Waals surface area (Å²) >= 11 is 0. The second kappa shape index (κ2) is 7.46. The Hall–Kier alpha value is -1.81. The Bertz CT molecular complexity index is 359. The van der Waals surface area contributed by atoms with Crippen LogP contribution in [0.3, 0.4) is 0 Å². The summed E-state index contributed by atoms with van der Waals surface area (Å²) in [4.78, 5) is 11.2. The van der Waals surface area contributed by atoms with Crippen molar-refractivity contribution in [2.45, 2.75) is 6.42 Å². The van der Waals surface area contributed by atoms with E-state index < -0.39 is 0 Å². The zero-order valence-corrected chi connectivity index (χ0v) is 9.69. The topological polar surface area (TPSA) is 58.6 Å². The molecule has 92 valence electrons. The van der Waals surface area contributed by atoms with Crippen LogP contribution in [0.1, 0.15) is 5.56 Å². The van der Waals surface area contributed by atoms with E-state index in [0.29, 0.717) is 18.7 Å². The van der Waals surface area contributed by atoms with E-state index in [1.165, 1.54) is 0 Å². The van der Waals surface area contributed by atoms with Gasteiger partial charge in [0.05, 0.1) is 0 Å². The molecule has 17 heavy (non-hydrogen) atoms.